The van der Waals surface area contributed by atoms with E-state index in [1.165, 1.54) is 0 Å². The highest BCUT2D eigenvalue weighted by molar-refractivity contribution is 5.98. The fraction of sp³-hybridized carbons (Fsp3) is 0.556. The van der Waals surface area contributed by atoms with Gasteiger partial charge in [-0.3, -0.25) is 14.3 Å². The summed E-state index contributed by atoms with van der Waals surface area (Å²) >= 11 is 0. The molecule has 196 valence electrons. The summed E-state index contributed by atoms with van der Waals surface area (Å²) in [5.41, 5.74) is 2.62. The lowest BCUT2D eigenvalue weighted by molar-refractivity contribution is 0.0304. The third-order valence-corrected chi connectivity index (χ3v) is 6.01. The van der Waals surface area contributed by atoms with Gasteiger partial charge in [0.25, 0.3) is 11.8 Å². The van der Waals surface area contributed by atoms with Gasteiger partial charge >= 0.3 is 5.97 Å². The number of esters is 1. The fourth-order valence-electron chi connectivity index (χ4n) is 4.20. The zero-order chi connectivity index (χ0) is 26.1. The van der Waals surface area contributed by atoms with Crippen LogP contribution in [0.2, 0.25) is 0 Å². The molecule has 1 aliphatic rings. The lowest BCUT2D eigenvalue weighted by Gasteiger charge is -2.25. The lowest BCUT2D eigenvalue weighted by Crippen LogP contribution is -2.29. The Balaban J connectivity index is 1.74. The van der Waals surface area contributed by atoms with Crippen molar-refractivity contribution in [3.63, 3.8) is 0 Å². The van der Waals surface area contributed by atoms with Crippen LogP contribution >= 0.6 is 0 Å². The van der Waals surface area contributed by atoms with Crippen molar-refractivity contribution in [1.82, 2.24) is 20.4 Å². The molecule has 3 rings (SSSR count). The molecule has 1 aromatic heterocycles. The minimum absolute atomic E-state index is 0.0915. The SMILES string of the molecule is CCNC(=O)c1cccc(C(=O)OCC(C)(C)Cn2nc(CC)c3c2CCCOCCCNC3=O)c1. The van der Waals surface area contributed by atoms with Crippen LogP contribution < -0.4 is 10.6 Å². The number of carbonyl (C=O) groups is 3. The van der Waals surface area contributed by atoms with E-state index in [2.05, 4.69) is 10.6 Å². The molecule has 1 aliphatic heterocycles. The van der Waals surface area contributed by atoms with Crippen molar-refractivity contribution in [1.29, 1.82) is 0 Å². The number of ether oxygens (including phenoxy) is 2. The van der Waals surface area contributed by atoms with Crippen LogP contribution in [0.25, 0.3) is 0 Å². The first-order valence-corrected chi connectivity index (χ1v) is 12.8. The molecule has 0 radical (unpaired) electrons. The number of fused-ring (bicyclic) bond motifs is 1. The Morgan fingerprint density at radius 3 is 2.69 bits per heavy atom. The van der Waals surface area contributed by atoms with Crippen molar-refractivity contribution in [3.05, 3.63) is 52.3 Å². The topological polar surface area (TPSA) is 112 Å². The molecule has 0 saturated carbocycles. The van der Waals surface area contributed by atoms with Gasteiger partial charge in [0, 0.05) is 43.8 Å². The smallest absolute Gasteiger partial charge is 0.338 e. The van der Waals surface area contributed by atoms with Crippen LogP contribution in [0, 0.1) is 5.41 Å². The van der Waals surface area contributed by atoms with Crippen molar-refractivity contribution in [2.45, 2.75) is 59.9 Å². The summed E-state index contributed by atoms with van der Waals surface area (Å²) in [6.45, 7) is 10.8. The Kier molecular flexibility index (Phi) is 9.64. The van der Waals surface area contributed by atoms with E-state index in [0.29, 0.717) is 62.4 Å². The van der Waals surface area contributed by atoms with Gasteiger partial charge in [-0.25, -0.2) is 4.79 Å². The zero-order valence-corrected chi connectivity index (χ0v) is 21.8. The number of hydrogen-bond donors (Lipinski definition) is 2. The molecule has 2 aromatic rings. The monoisotopic (exact) mass is 498 g/mol. The number of aromatic nitrogens is 2. The number of nitrogens with one attached hydrogen (secondary N) is 2. The van der Waals surface area contributed by atoms with E-state index in [1.807, 2.05) is 32.4 Å². The van der Waals surface area contributed by atoms with Crippen LogP contribution in [0.1, 0.15) is 83.0 Å². The highest BCUT2D eigenvalue weighted by atomic mass is 16.5. The Morgan fingerprint density at radius 2 is 1.94 bits per heavy atom. The number of nitrogens with zero attached hydrogens (tertiary/aromatic N) is 2. The molecule has 1 aromatic carbocycles. The first-order valence-electron chi connectivity index (χ1n) is 12.8. The predicted molar refractivity (Wildman–Crippen MR) is 136 cm³/mol. The van der Waals surface area contributed by atoms with Crippen molar-refractivity contribution in [2.75, 3.05) is 32.9 Å². The largest absolute Gasteiger partial charge is 0.461 e. The minimum atomic E-state index is -0.486. The van der Waals surface area contributed by atoms with Gasteiger partial charge in [0.2, 0.25) is 0 Å². The van der Waals surface area contributed by atoms with Crippen molar-refractivity contribution in [3.8, 4) is 0 Å². The van der Waals surface area contributed by atoms with Gasteiger partial charge < -0.3 is 20.1 Å². The summed E-state index contributed by atoms with van der Waals surface area (Å²) in [5, 5.41) is 10.5. The molecule has 0 atom stereocenters. The van der Waals surface area contributed by atoms with Gasteiger partial charge in [-0.15, -0.1) is 0 Å². The zero-order valence-electron chi connectivity index (χ0n) is 21.8. The molecule has 0 spiro atoms. The maximum absolute atomic E-state index is 13.0. The summed E-state index contributed by atoms with van der Waals surface area (Å²) in [5.74, 6) is -0.808. The average Bonchev–Trinajstić information content (AvgIpc) is 3.18. The van der Waals surface area contributed by atoms with E-state index in [4.69, 9.17) is 14.6 Å². The Bertz CT molecular complexity index is 1080. The Hall–Kier alpha value is -3.20. The molecule has 2 N–H and O–H groups in total. The molecule has 0 saturated heterocycles. The van der Waals surface area contributed by atoms with Gasteiger partial charge in [0.1, 0.15) is 0 Å². The van der Waals surface area contributed by atoms with Crippen LogP contribution in [0.4, 0.5) is 0 Å². The van der Waals surface area contributed by atoms with Gasteiger partial charge in [-0.05, 0) is 50.8 Å². The van der Waals surface area contributed by atoms with E-state index in [0.717, 1.165) is 24.2 Å². The van der Waals surface area contributed by atoms with Crippen molar-refractivity contribution >= 4 is 17.8 Å². The van der Waals surface area contributed by atoms with Crippen LogP contribution in [0.15, 0.2) is 24.3 Å². The third-order valence-electron chi connectivity index (χ3n) is 6.01. The van der Waals surface area contributed by atoms with E-state index in [9.17, 15) is 14.4 Å². The number of rotatable bonds is 8. The molecule has 36 heavy (non-hydrogen) atoms. The van der Waals surface area contributed by atoms with Crippen LogP contribution in [0.5, 0.6) is 0 Å². The number of hydrogen-bond acceptors (Lipinski definition) is 6. The second-order valence-electron chi connectivity index (χ2n) is 9.79. The van der Waals surface area contributed by atoms with E-state index < -0.39 is 11.4 Å². The summed E-state index contributed by atoms with van der Waals surface area (Å²) in [4.78, 5) is 37.8. The maximum Gasteiger partial charge on any atom is 0.338 e. The van der Waals surface area contributed by atoms with Crippen molar-refractivity contribution < 1.29 is 23.9 Å². The highest BCUT2D eigenvalue weighted by Crippen LogP contribution is 2.25. The van der Waals surface area contributed by atoms with Crippen molar-refractivity contribution in [2.24, 2.45) is 5.41 Å². The molecule has 9 nitrogen and oxygen atoms in total. The minimum Gasteiger partial charge on any atom is -0.461 e. The number of benzene rings is 1. The molecule has 9 heteroatoms. The summed E-state index contributed by atoms with van der Waals surface area (Å²) in [7, 11) is 0. The van der Waals surface area contributed by atoms with Gasteiger partial charge in [-0.1, -0.05) is 26.8 Å². The molecule has 0 aliphatic carbocycles. The van der Waals surface area contributed by atoms with E-state index >= 15 is 0 Å². The fourth-order valence-corrected chi connectivity index (χ4v) is 4.20. The predicted octanol–water partition coefficient (Wildman–Crippen LogP) is 3.16. The standard InChI is InChI=1S/C27H38N4O5/c1-5-21-23-22(12-8-14-35-15-9-13-29-25(23)33)31(30-21)17-27(3,4)18-36-26(34)20-11-7-10-19(16-20)24(32)28-6-2/h7,10-11,16H,5-6,8-9,12-15,17-18H2,1-4H3,(H,28,32)(H,29,33). The summed E-state index contributed by atoms with van der Waals surface area (Å²) < 4.78 is 13.2. The van der Waals surface area contributed by atoms with E-state index in [-0.39, 0.29) is 18.4 Å². The summed E-state index contributed by atoms with van der Waals surface area (Å²) in [6.07, 6.45) is 2.91. The summed E-state index contributed by atoms with van der Waals surface area (Å²) in [6, 6.07) is 6.51. The van der Waals surface area contributed by atoms with E-state index in [1.54, 1.807) is 24.3 Å². The third kappa shape index (κ3) is 7.16. The molecule has 0 bridgehead atoms. The number of carbonyl (C=O) groups excluding carboxylic acids is 3. The Morgan fingerprint density at radius 1 is 1.19 bits per heavy atom. The van der Waals surface area contributed by atoms with Gasteiger partial charge in [0.05, 0.1) is 29.1 Å². The second kappa shape index (κ2) is 12.7. The Labute approximate surface area is 212 Å². The average molecular weight is 499 g/mol. The molecule has 2 heterocycles. The molecule has 0 fully saturated rings. The first kappa shape index (κ1) is 27.4. The number of aryl methyl sites for hydroxylation is 1. The second-order valence-corrected chi connectivity index (χ2v) is 9.79. The molecule has 2 amide bonds. The highest BCUT2D eigenvalue weighted by Gasteiger charge is 2.28. The van der Waals surface area contributed by atoms with Crippen LogP contribution in [-0.4, -0.2) is 60.5 Å². The van der Waals surface area contributed by atoms with Crippen LogP contribution in [-0.2, 0) is 28.9 Å². The van der Waals surface area contributed by atoms with Crippen LogP contribution in [0.3, 0.4) is 0 Å². The molecular weight excluding hydrogens is 460 g/mol. The molecular formula is C27H38N4O5. The number of amides is 2. The maximum atomic E-state index is 13.0. The normalized spacial score (nSPS) is 14.8. The molecule has 0 unspecified atom stereocenters. The quantitative estimate of drug-likeness (QED) is 0.541. The van der Waals surface area contributed by atoms with Gasteiger partial charge in [0.15, 0.2) is 0 Å². The van der Waals surface area contributed by atoms with Gasteiger partial charge in [-0.2, -0.15) is 5.10 Å². The first-order chi connectivity index (χ1) is 17.3. The lowest BCUT2D eigenvalue weighted by atomic mass is 9.94.